The van der Waals surface area contributed by atoms with E-state index in [1.54, 1.807) is 0 Å². The van der Waals surface area contributed by atoms with Crippen molar-refractivity contribution >= 4 is 11.9 Å². The average Bonchev–Trinajstić information content (AvgIpc) is 3.16. The Kier molecular flexibility index (Phi) is 84.3. The van der Waals surface area contributed by atoms with Crippen LogP contribution in [0.25, 0.3) is 0 Å². The van der Waals surface area contributed by atoms with Gasteiger partial charge in [0.15, 0.2) is 0 Å². The summed E-state index contributed by atoms with van der Waals surface area (Å²) in [5.41, 5.74) is 0. The lowest BCUT2D eigenvalue weighted by Gasteiger charge is -2.22. The second-order valence-electron chi connectivity index (χ2n) is 30.9. The Morgan fingerprint density at radius 1 is 0.292 bits per heavy atom. The van der Waals surface area contributed by atoms with E-state index in [-0.39, 0.29) is 18.5 Å². The molecule has 1 amide bonds. The number of amides is 1. The van der Waals surface area contributed by atoms with Crippen LogP contribution in [0, 0.1) is 0 Å². The Morgan fingerprint density at radius 3 is 0.812 bits per heavy atom. The molecule has 0 bridgehead atoms. The van der Waals surface area contributed by atoms with E-state index in [9.17, 15) is 19.8 Å². The van der Waals surface area contributed by atoms with Gasteiger partial charge in [-0.2, -0.15) is 0 Å². The standard InChI is InChI=1S/C90H175NO5/c1-3-5-7-9-11-13-15-17-19-21-23-24-25-37-40-43-47-50-54-58-62-66-70-74-78-82-88(93)87(86-92)91-89(94)83-79-75-71-67-63-59-55-51-48-44-41-38-35-33-31-29-27-26-28-30-32-34-36-39-42-45-49-53-57-61-65-69-73-77-81-85-96-90(95)84-80-76-72-68-64-60-56-52-46-22-20-18-16-14-12-10-8-6-4-2/h12,14,18,20,87-88,92-93H,3-11,13,15-17,19,21-86H2,1-2H3,(H,91,94)/b14-12-,20-18-. The highest BCUT2D eigenvalue weighted by atomic mass is 16.5. The number of carbonyl (C=O) groups is 2. The van der Waals surface area contributed by atoms with Crippen molar-refractivity contribution in [3.63, 3.8) is 0 Å². The molecule has 96 heavy (non-hydrogen) atoms. The van der Waals surface area contributed by atoms with Crippen molar-refractivity contribution < 1.29 is 24.5 Å². The minimum atomic E-state index is -0.662. The molecule has 0 aliphatic rings. The van der Waals surface area contributed by atoms with Crippen molar-refractivity contribution in [2.75, 3.05) is 13.2 Å². The summed E-state index contributed by atoms with van der Waals surface area (Å²) in [6.07, 6.45) is 112. The fourth-order valence-electron chi connectivity index (χ4n) is 14.5. The molecule has 0 heterocycles. The van der Waals surface area contributed by atoms with Crippen LogP contribution >= 0.6 is 0 Å². The van der Waals surface area contributed by atoms with Crippen LogP contribution < -0.4 is 5.32 Å². The van der Waals surface area contributed by atoms with Gasteiger partial charge in [0, 0.05) is 12.8 Å². The Hall–Kier alpha value is -1.66. The first-order valence-electron chi connectivity index (χ1n) is 44.6. The van der Waals surface area contributed by atoms with Gasteiger partial charge in [-0.25, -0.2) is 0 Å². The molecule has 0 radical (unpaired) electrons. The van der Waals surface area contributed by atoms with Gasteiger partial charge in [-0.05, 0) is 57.8 Å². The van der Waals surface area contributed by atoms with E-state index in [0.717, 1.165) is 44.9 Å². The summed E-state index contributed by atoms with van der Waals surface area (Å²) in [5.74, 6) is -0.00280. The molecule has 0 fully saturated rings. The van der Waals surface area contributed by atoms with Gasteiger partial charge in [0.05, 0.1) is 25.4 Å². The summed E-state index contributed by atoms with van der Waals surface area (Å²) in [6, 6.07) is -0.539. The molecule has 570 valence electrons. The third-order valence-electron chi connectivity index (χ3n) is 21.3. The lowest BCUT2D eigenvalue weighted by atomic mass is 10.0. The number of hydrogen-bond donors (Lipinski definition) is 3. The Bertz CT molecular complexity index is 1510. The number of unbranched alkanes of at least 4 members (excludes halogenated alkanes) is 70. The molecule has 0 aromatic carbocycles. The van der Waals surface area contributed by atoms with Crippen LogP contribution in [0.2, 0.25) is 0 Å². The minimum absolute atomic E-state index is 0.0201. The van der Waals surface area contributed by atoms with E-state index in [4.69, 9.17) is 4.74 Å². The molecule has 2 atom stereocenters. The summed E-state index contributed by atoms with van der Waals surface area (Å²) >= 11 is 0. The van der Waals surface area contributed by atoms with Crippen LogP contribution in [0.5, 0.6) is 0 Å². The SMILES string of the molecule is CCCCC/C=C\C/C=C\CCCCCCCCCCCC(=O)OCCCCCCCCCCCCCCCCCCCCCCCCCCCCCCCCCCCCCC(=O)NC(CO)C(O)CCCCCCCCCCCCCCCCCCCCCCCCCCC. The molecule has 0 saturated heterocycles. The number of aliphatic hydroxyl groups is 2. The van der Waals surface area contributed by atoms with E-state index in [1.165, 1.54) is 437 Å². The normalized spacial score (nSPS) is 12.5. The molecule has 6 heteroatoms. The monoisotopic (exact) mass is 1350 g/mol. The molecule has 0 aliphatic carbocycles. The van der Waals surface area contributed by atoms with Gasteiger partial charge in [0.25, 0.3) is 0 Å². The van der Waals surface area contributed by atoms with E-state index in [2.05, 4.69) is 43.5 Å². The smallest absolute Gasteiger partial charge is 0.305 e. The number of aliphatic hydroxyl groups excluding tert-OH is 2. The first-order chi connectivity index (χ1) is 47.5. The second kappa shape index (κ2) is 85.8. The lowest BCUT2D eigenvalue weighted by Crippen LogP contribution is -2.45. The topological polar surface area (TPSA) is 95.9 Å². The van der Waals surface area contributed by atoms with Gasteiger partial charge in [-0.3, -0.25) is 9.59 Å². The van der Waals surface area contributed by atoms with Crippen LogP contribution in [0.1, 0.15) is 515 Å². The zero-order chi connectivity index (χ0) is 69.1. The van der Waals surface area contributed by atoms with Crippen molar-refractivity contribution in [2.45, 2.75) is 527 Å². The molecule has 0 spiro atoms. The highest BCUT2D eigenvalue weighted by Gasteiger charge is 2.20. The molecule has 0 aromatic rings. The maximum absolute atomic E-state index is 12.6. The van der Waals surface area contributed by atoms with Gasteiger partial charge in [0.1, 0.15) is 0 Å². The summed E-state index contributed by atoms with van der Waals surface area (Å²) in [5, 5.41) is 23.5. The number of nitrogens with one attached hydrogen (secondary N) is 1. The van der Waals surface area contributed by atoms with Crippen molar-refractivity contribution in [1.29, 1.82) is 0 Å². The third kappa shape index (κ3) is 81.3. The molecular formula is C90H175NO5. The predicted octanol–water partition coefficient (Wildman–Crippen LogP) is 29.9. The number of ether oxygens (including phenoxy) is 1. The third-order valence-corrected chi connectivity index (χ3v) is 21.3. The zero-order valence-corrected chi connectivity index (χ0v) is 65.7. The van der Waals surface area contributed by atoms with Gasteiger partial charge in [0.2, 0.25) is 5.91 Å². The maximum Gasteiger partial charge on any atom is 0.305 e. The summed E-state index contributed by atoms with van der Waals surface area (Å²) in [4.78, 5) is 24.7. The van der Waals surface area contributed by atoms with Crippen LogP contribution in [0.15, 0.2) is 24.3 Å². The number of carbonyl (C=O) groups excluding carboxylic acids is 2. The summed E-state index contributed by atoms with van der Waals surface area (Å²) in [7, 11) is 0. The number of hydrogen-bond acceptors (Lipinski definition) is 5. The second-order valence-corrected chi connectivity index (χ2v) is 30.9. The van der Waals surface area contributed by atoms with Crippen LogP contribution in [-0.2, 0) is 14.3 Å². The summed E-state index contributed by atoms with van der Waals surface area (Å²) < 4.78 is 5.52. The highest BCUT2D eigenvalue weighted by molar-refractivity contribution is 5.76. The number of allylic oxidation sites excluding steroid dienone is 4. The predicted molar refractivity (Wildman–Crippen MR) is 426 cm³/mol. The zero-order valence-electron chi connectivity index (χ0n) is 65.7. The lowest BCUT2D eigenvalue weighted by molar-refractivity contribution is -0.143. The van der Waals surface area contributed by atoms with Gasteiger partial charge >= 0.3 is 5.97 Å². The molecule has 3 N–H and O–H groups in total. The van der Waals surface area contributed by atoms with Crippen LogP contribution in [-0.4, -0.2) is 47.4 Å². The van der Waals surface area contributed by atoms with E-state index in [0.29, 0.717) is 25.9 Å². The first kappa shape index (κ1) is 94.3. The van der Waals surface area contributed by atoms with Crippen LogP contribution in [0.4, 0.5) is 0 Å². The molecule has 0 aromatic heterocycles. The van der Waals surface area contributed by atoms with E-state index >= 15 is 0 Å². The average molecular weight is 1350 g/mol. The molecule has 0 rings (SSSR count). The van der Waals surface area contributed by atoms with Crippen molar-refractivity contribution in [3.05, 3.63) is 24.3 Å². The molecular weight excluding hydrogens is 1170 g/mol. The Balaban J connectivity index is 3.31. The minimum Gasteiger partial charge on any atom is -0.466 e. The number of esters is 1. The van der Waals surface area contributed by atoms with E-state index in [1.807, 2.05) is 0 Å². The van der Waals surface area contributed by atoms with Gasteiger partial charge in [-0.1, -0.05) is 468 Å². The first-order valence-corrected chi connectivity index (χ1v) is 44.6. The van der Waals surface area contributed by atoms with Crippen molar-refractivity contribution in [2.24, 2.45) is 0 Å². The summed E-state index contributed by atoms with van der Waals surface area (Å²) in [6.45, 7) is 4.99. The Labute approximate surface area is 602 Å². The maximum atomic E-state index is 12.6. The molecule has 6 nitrogen and oxygen atoms in total. The van der Waals surface area contributed by atoms with E-state index < -0.39 is 12.1 Å². The quantitative estimate of drug-likeness (QED) is 0.0320. The van der Waals surface area contributed by atoms with Crippen LogP contribution in [0.3, 0.4) is 0 Å². The fraction of sp³-hybridized carbons (Fsp3) is 0.933. The van der Waals surface area contributed by atoms with Crippen molar-refractivity contribution in [1.82, 2.24) is 5.32 Å². The largest absolute Gasteiger partial charge is 0.466 e. The van der Waals surface area contributed by atoms with Gasteiger partial charge < -0.3 is 20.3 Å². The molecule has 0 aliphatic heterocycles. The van der Waals surface area contributed by atoms with Crippen molar-refractivity contribution in [3.8, 4) is 0 Å². The fourth-order valence-corrected chi connectivity index (χ4v) is 14.5. The molecule has 0 saturated carbocycles. The highest BCUT2D eigenvalue weighted by Crippen LogP contribution is 2.21. The molecule has 2 unspecified atom stereocenters. The number of rotatable bonds is 85. The van der Waals surface area contributed by atoms with Gasteiger partial charge in [-0.15, -0.1) is 0 Å². The Morgan fingerprint density at radius 2 is 0.521 bits per heavy atom.